The highest BCUT2D eigenvalue weighted by atomic mass is 15.3. The van der Waals surface area contributed by atoms with Crippen LogP contribution in [-0.2, 0) is 0 Å². The van der Waals surface area contributed by atoms with Crippen LogP contribution in [0.25, 0.3) is 28.2 Å². The SMILES string of the molecule is Cc1cc(-c2n[nH]c(-c3ccc(C4CN(C(C)C)C4)cc3)c2C(C)C)cn2ncnc12. The molecule has 31 heavy (non-hydrogen) atoms. The van der Waals surface area contributed by atoms with Crippen molar-refractivity contribution in [3.63, 3.8) is 0 Å². The lowest BCUT2D eigenvalue weighted by atomic mass is 9.88. The zero-order valence-corrected chi connectivity index (χ0v) is 18.9. The van der Waals surface area contributed by atoms with Gasteiger partial charge in [0.2, 0.25) is 0 Å². The Morgan fingerprint density at radius 3 is 2.45 bits per heavy atom. The molecule has 0 aliphatic carbocycles. The van der Waals surface area contributed by atoms with Crippen molar-refractivity contribution in [2.45, 2.75) is 52.5 Å². The number of nitrogens with zero attached hydrogens (tertiary/aromatic N) is 5. The predicted molar refractivity (Wildman–Crippen MR) is 124 cm³/mol. The molecule has 0 saturated carbocycles. The number of H-pyrrole nitrogens is 1. The highest BCUT2D eigenvalue weighted by Gasteiger charge is 2.29. The minimum Gasteiger partial charge on any atom is -0.300 e. The second-order valence-electron chi connectivity index (χ2n) is 9.32. The van der Waals surface area contributed by atoms with Gasteiger partial charge in [-0.3, -0.25) is 10.00 Å². The van der Waals surface area contributed by atoms with E-state index in [0.717, 1.165) is 41.3 Å². The van der Waals surface area contributed by atoms with Crippen molar-refractivity contribution in [1.82, 2.24) is 29.7 Å². The number of aromatic amines is 1. The van der Waals surface area contributed by atoms with E-state index >= 15 is 0 Å². The van der Waals surface area contributed by atoms with Crippen LogP contribution in [0, 0.1) is 6.92 Å². The van der Waals surface area contributed by atoms with Gasteiger partial charge in [0.15, 0.2) is 5.65 Å². The van der Waals surface area contributed by atoms with E-state index in [4.69, 9.17) is 5.10 Å². The van der Waals surface area contributed by atoms with Crippen molar-refractivity contribution < 1.29 is 0 Å². The molecule has 1 aliphatic heterocycles. The first-order valence-electron chi connectivity index (χ1n) is 11.2. The fourth-order valence-corrected chi connectivity index (χ4v) is 4.64. The maximum atomic E-state index is 4.74. The highest BCUT2D eigenvalue weighted by Crippen LogP contribution is 2.37. The molecule has 1 aliphatic rings. The Labute approximate surface area is 183 Å². The molecule has 0 atom stereocenters. The summed E-state index contributed by atoms with van der Waals surface area (Å²) in [5.74, 6) is 0.983. The molecular weight excluding hydrogens is 384 g/mol. The van der Waals surface area contributed by atoms with Gasteiger partial charge in [0.05, 0.1) is 11.4 Å². The Morgan fingerprint density at radius 1 is 1.03 bits per heavy atom. The molecule has 3 aromatic heterocycles. The minimum absolute atomic E-state index is 0.335. The molecule has 0 amide bonds. The smallest absolute Gasteiger partial charge is 0.158 e. The van der Waals surface area contributed by atoms with Crippen LogP contribution in [0.5, 0.6) is 0 Å². The van der Waals surface area contributed by atoms with Gasteiger partial charge in [-0.15, -0.1) is 0 Å². The van der Waals surface area contributed by atoms with Gasteiger partial charge in [-0.25, -0.2) is 9.50 Å². The molecule has 1 saturated heterocycles. The third-order valence-electron chi connectivity index (χ3n) is 6.52. The summed E-state index contributed by atoms with van der Waals surface area (Å²) in [6.45, 7) is 13.4. The summed E-state index contributed by atoms with van der Waals surface area (Å²) in [5, 5.41) is 12.4. The normalized spacial score (nSPS) is 15.3. The summed E-state index contributed by atoms with van der Waals surface area (Å²) >= 11 is 0. The number of hydrogen-bond acceptors (Lipinski definition) is 4. The van der Waals surface area contributed by atoms with Crippen molar-refractivity contribution >= 4 is 5.65 Å². The second-order valence-corrected chi connectivity index (χ2v) is 9.32. The molecule has 4 aromatic rings. The Hall–Kier alpha value is -2.99. The zero-order chi connectivity index (χ0) is 21.7. The Morgan fingerprint density at radius 2 is 1.77 bits per heavy atom. The molecule has 6 nitrogen and oxygen atoms in total. The van der Waals surface area contributed by atoms with Crippen LogP contribution in [-0.4, -0.2) is 48.8 Å². The molecule has 0 unspecified atom stereocenters. The molecule has 160 valence electrons. The number of benzene rings is 1. The van der Waals surface area contributed by atoms with Gasteiger partial charge >= 0.3 is 0 Å². The predicted octanol–water partition coefficient (Wildman–Crippen LogP) is 5.03. The molecule has 0 spiro atoms. The van der Waals surface area contributed by atoms with E-state index in [1.807, 2.05) is 10.7 Å². The number of rotatable bonds is 5. The highest BCUT2D eigenvalue weighted by molar-refractivity contribution is 5.76. The van der Waals surface area contributed by atoms with Crippen LogP contribution >= 0.6 is 0 Å². The molecule has 1 fully saturated rings. The van der Waals surface area contributed by atoms with Crippen molar-refractivity contribution in [3.05, 3.63) is 59.5 Å². The van der Waals surface area contributed by atoms with E-state index in [1.54, 1.807) is 6.33 Å². The number of likely N-dealkylation sites (tertiary alicyclic amines) is 1. The molecule has 1 aromatic carbocycles. The maximum Gasteiger partial charge on any atom is 0.158 e. The third kappa shape index (κ3) is 3.45. The Bertz CT molecular complexity index is 1210. The van der Waals surface area contributed by atoms with Gasteiger partial charge in [0.25, 0.3) is 0 Å². The van der Waals surface area contributed by atoms with Crippen molar-refractivity contribution in [2.24, 2.45) is 0 Å². The molecule has 4 heterocycles. The minimum atomic E-state index is 0.335. The van der Waals surface area contributed by atoms with Gasteiger partial charge in [0, 0.05) is 42.4 Å². The molecule has 5 rings (SSSR count). The monoisotopic (exact) mass is 414 g/mol. The Balaban J connectivity index is 1.48. The molecule has 6 heteroatoms. The van der Waals surface area contributed by atoms with Crippen LogP contribution in [0.15, 0.2) is 42.9 Å². The first-order valence-corrected chi connectivity index (χ1v) is 11.2. The number of aromatic nitrogens is 5. The number of aryl methyl sites for hydroxylation is 1. The van der Waals surface area contributed by atoms with E-state index < -0.39 is 0 Å². The van der Waals surface area contributed by atoms with Crippen LogP contribution in [0.4, 0.5) is 0 Å². The summed E-state index contributed by atoms with van der Waals surface area (Å²) in [5.41, 5.74) is 8.97. The van der Waals surface area contributed by atoms with Crippen molar-refractivity contribution in [2.75, 3.05) is 13.1 Å². The standard InChI is InChI=1S/C25H30N6/c1-15(2)22-23(19-8-6-18(7-9-19)21-11-30(12-21)16(3)4)28-29-24(22)20-10-17(5)25-26-14-27-31(25)13-20/h6-10,13-16,21H,11-12H2,1-5H3,(H,28,29). The van der Waals surface area contributed by atoms with E-state index in [0.29, 0.717) is 17.9 Å². The van der Waals surface area contributed by atoms with Crippen LogP contribution in [0.3, 0.4) is 0 Å². The zero-order valence-electron chi connectivity index (χ0n) is 18.9. The second kappa shape index (κ2) is 7.61. The Kier molecular flexibility index (Phi) is 4.89. The van der Waals surface area contributed by atoms with E-state index in [-0.39, 0.29) is 0 Å². The fourth-order valence-electron chi connectivity index (χ4n) is 4.64. The quantitative estimate of drug-likeness (QED) is 0.498. The number of pyridine rings is 1. The van der Waals surface area contributed by atoms with Crippen LogP contribution < -0.4 is 0 Å². The summed E-state index contributed by atoms with van der Waals surface area (Å²) in [4.78, 5) is 6.85. The first-order chi connectivity index (χ1) is 14.9. The maximum absolute atomic E-state index is 4.74. The summed E-state index contributed by atoms with van der Waals surface area (Å²) in [6.07, 6.45) is 3.61. The van der Waals surface area contributed by atoms with Crippen LogP contribution in [0.1, 0.15) is 56.2 Å². The van der Waals surface area contributed by atoms with Gasteiger partial charge < -0.3 is 0 Å². The number of hydrogen-bond donors (Lipinski definition) is 1. The summed E-state index contributed by atoms with van der Waals surface area (Å²) in [6, 6.07) is 11.8. The van der Waals surface area contributed by atoms with Gasteiger partial charge in [-0.2, -0.15) is 10.2 Å². The average molecular weight is 415 g/mol. The molecule has 0 radical (unpaired) electrons. The van der Waals surface area contributed by atoms with Crippen molar-refractivity contribution in [3.8, 4) is 22.5 Å². The lowest BCUT2D eigenvalue weighted by Gasteiger charge is -2.42. The molecule has 1 N–H and O–H groups in total. The number of fused-ring (bicyclic) bond motifs is 1. The molecular formula is C25H30N6. The van der Waals surface area contributed by atoms with E-state index in [1.165, 1.54) is 16.7 Å². The van der Waals surface area contributed by atoms with Crippen molar-refractivity contribution in [1.29, 1.82) is 0 Å². The summed E-state index contributed by atoms with van der Waals surface area (Å²) in [7, 11) is 0. The van der Waals surface area contributed by atoms with Gasteiger partial charge in [-0.1, -0.05) is 38.1 Å². The first kappa shape index (κ1) is 19.9. The van der Waals surface area contributed by atoms with E-state index in [9.17, 15) is 0 Å². The number of nitrogens with one attached hydrogen (secondary N) is 1. The lowest BCUT2D eigenvalue weighted by Crippen LogP contribution is -2.48. The van der Waals surface area contributed by atoms with E-state index in [2.05, 4.69) is 85.0 Å². The summed E-state index contributed by atoms with van der Waals surface area (Å²) < 4.78 is 1.83. The topological polar surface area (TPSA) is 62.1 Å². The van der Waals surface area contributed by atoms with Crippen LogP contribution in [0.2, 0.25) is 0 Å². The fraction of sp³-hybridized carbons (Fsp3) is 0.400. The molecule has 0 bridgehead atoms. The third-order valence-corrected chi connectivity index (χ3v) is 6.52. The average Bonchev–Trinajstić information content (AvgIpc) is 3.34. The lowest BCUT2D eigenvalue weighted by molar-refractivity contribution is 0.110. The van der Waals surface area contributed by atoms with Gasteiger partial charge in [0.1, 0.15) is 6.33 Å². The largest absolute Gasteiger partial charge is 0.300 e. The van der Waals surface area contributed by atoms with Gasteiger partial charge in [-0.05, 0) is 49.4 Å².